The highest BCUT2D eigenvalue weighted by Gasteiger charge is 2.27. The van der Waals surface area contributed by atoms with Gasteiger partial charge in [0.25, 0.3) is 0 Å². The number of nitrogens with one attached hydrogen (secondary N) is 1. The fourth-order valence-corrected chi connectivity index (χ4v) is 3.59. The minimum Gasteiger partial charge on any atom is -0.371 e. The van der Waals surface area contributed by atoms with Crippen LogP contribution in [-0.2, 0) is 6.54 Å². The molecule has 0 saturated carbocycles. The van der Waals surface area contributed by atoms with E-state index in [1.165, 1.54) is 49.2 Å². The fraction of sp³-hybridized carbons (Fsp3) is 0.684. The summed E-state index contributed by atoms with van der Waals surface area (Å²) >= 11 is 0. The highest BCUT2D eigenvalue weighted by atomic mass is 15.1. The van der Waals surface area contributed by atoms with Gasteiger partial charge in [-0.2, -0.15) is 0 Å². The number of benzene rings is 1. The van der Waals surface area contributed by atoms with E-state index in [9.17, 15) is 0 Å². The van der Waals surface area contributed by atoms with Crippen LogP contribution in [0.15, 0.2) is 18.2 Å². The summed E-state index contributed by atoms with van der Waals surface area (Å²) in [6.45, 7) is 12.8. The average Bonchev–Trinajstić information content (AvgIpc) is 2.64. The molecule has 21 heavy (non-hydrogen) atoms. The number of anilines is 1. The Morgan fingerprint density at radius 1 is 1.19 bits per heavy atom. The highest BCUT2D eigenvalue weighted by molar-refractivity contribution is 5.54. The Kier molecular flexibility index (Phi) is 5.32. The van der Waals surface area contributed by atoms with Crippen molar-refractivity contribution in [1.29, 1.82) is 0 Å². The van der Waals surface area contributed by atoms with Gasteiger partial charge in [0.05, 0.1) is 0 Å². The lowest BCUT2D eigenvalue weighted by molar-refractivity contribution is 0.220. The first-order valence-corrected chi connectivity index (χ1v) is 8.41. The summed E-state index contributed by atoms with van der Waals surface area (Å²) in [6.07, 6.45) is 4.01. The monoisotopic (exact) mass is 288 g/mol. The molecule has 1 aromatic carbocycles. The van der Waals surface area contributed by atoms with Crippen LogP contribution in [0.5, 0.6) is 0 Å². The summed E-state index contributed by atoms with van der Waals surface area (Å²) in [5.74, 6) is 0.853. The van der Waals surface area contributed by atoms with Crippen LogP contribution in [0.4, 0.5) is 5.69 Å². The van der Waals surface area contributed by atoms with Crippen LogP contribution >= 0.6 is 0 Å². The van der Waals surface area contributed by atoms with Gasteiger partial charge in [0, 0.05) is 25.3 Å². The number of rotatable bonds is 3. The second-order valence-corrected chi connectivity index (χ2v) is 7.63. The van der Waals surface area contributed by atoms with Gasteiger partial charge in [-0.05, 0) is 61.8 Å². The Hall–Kier alpha value is -1.02. The van der Waals surface area contributed by atoms with Crippen molar-refractivity contribution < 1.29 is 0 Å². The van der Waals surface area contributed by atoms with Gasteiger partial charge in [-0.1, -0.05) is 32.9 Å². The van der Waals surface area contributed by atoms with Crippen LogP contribution in [0.2, 0.25) is 0 Å². The second kappa shape index (κ2) is 6.83. The van der Waals surface area contributed by atoms with Crippen LogP contribution in [0.25, 0.3) is 0 Å². The smallest absolute Gasteiger partial charge is 0.0396 e. The van der Waals surface area contributed by atoms with Crippen LogP contribution in [0, 0.1) is 18.3 Å². The van der Waals surface area contributed by atoms with Crippen molar-refractivity contribution in [3.63, 3.8) is 0 Å². The first kappa shape index (κ1) is 16.4. The van der Waals surface area contributed by atoms with Gasteiger partial charge in [0.15, 0.2) is 0 Å². The van der Waals surface area contributed by atoms with Gasteiger partial charge < -0.3 is 10.2 Å². The minimum atomic E-state index is 0.446. The molecule has 2 nitrogen and oxygen atoms in total. The third-order valence-corrected chi connectivity index (χ3v) is 4.94. The highest BCUT2D eigenvalue weighted by Crippen LogP contribution is 2.35. The molecule has 1 atom stereocenters. The zero-order chi connectivity index (χ0) is 15.5. The molecule has 1 fully saturated rings. The minimum absolute atomic E-state index is 0.446. The summed E-state index contributed by atoms with van der Waals surface area (Å²) < 4.78 is 0. The zero-order valence-electron chi connectivity index (χ0n) is 14.5. The molecular weight excluding hydrogens is 256 g/mol. The van der Waals surface area contributed by atoms with E-state index in [1.807, 2.05) is 7.05 Å². The van der Waals surface area contributed by atoms with Crippen LogP contribution in [-0.4, -0.2) is 20.1 Å². The molecule has 1 aromatic rings. The lowest BCUT2D eigenvalue weighted by Gasteiger charge is -2.30. The Bertz CT molecular complexity index is 459. The van der Waals surface area contributed by atoms with E-state index in [2.05, 4.69) is 56.1 Å². The Morgan fingerprint density at radius 3 is 2.57 bits per heavy atom. The van der Waals surface area contributed by atoms with E-state index >= 15 is 0 Å². The van der Waals surface area contributed by atoms with Gasteiger partial charge in [0.2, 0.25) is 0 Å². The summed E-state index contributed by atoms with van der Waals surface area (Å²) in [5.41, 5.74) is 4.67. The maximum atomic E-state index is 3.23. The topological polar surface area (TPSA) is 15.3 Å². The van der Waals surface area contributed by atoms with Crippen LogP contribution in [0.3, 0.4) is 0 Å². The molecule has 1 heterocycles. The molecule has 2 rings (SSSR count). The largest absolute Gasteiger partial charge is 0.371 e. The predicted octanol–water partition coefficient (Wildman–Crippen LogP) is 4.37. The van der Waals surface area contributed by atoms with Crippen molar-refractivity contribution in [1.82, 2.24) is 5.32 Å². The van der Waals surface area contributed by atoms with Crippen molar-refractivity contribution in [2.75, 3.05) is 25.0 Å². The number of aryl methyl sites for hydroxylation is 1. The molecule has 0 spiro atoms. The molecule has 1 aliphatic heterocycles. The number of hydrogen-bond donors (Lipinski definition) is 1. The van der Waals surface area contributed by atoms with E-state index in [-0.39, 0.29) is 0 Å². The van der Waals surface area contributed by atoms with Gasteiger partial charge in [-0.3, -0.25) is 0 Å². The summed E-state index contributed by atoms with van der Waals surface area (Å²) in [7, 11) is 2.00. The molecular formula is C19H32N2. The average molecular weight is 288 g/mol. The lowest BCUT2D eigenvalue weighted by atomic mass is 9.77. The van der Waals surface area contributed by atoms with Gasteiger partial charge in [-0.25, -0.2) is 0 Å². The van der Waals surface area contributed by atoms with Gasteiger partial charge in [0.1, 0.15) is 0 Å². The summed E-state index contributed by atoms with van der Waals surface area (Å²) in [4.78, 5) is 2.60. The maximum Gasteiger partial charge on any atom is 0.0396 e. The molecule has 1 unspecified atom stereocenters. The van der Waals surface area contributed by atoms with E-state index in [4.69, 9.17) is 0 Å². The van der Waals surface area contributed by atoms with E-state index in [1.54, 1.807) is 0 Å². The molecule has 1 N–H and O–H groups in total. The molecule has 0 radical (unpaired) electrons. The normalized spacial score (nSPS) is 20.4. The standard InChI is InChI=1S/C19H32N2/c1-15-13-16(14-20-5)8-9-18(15)21-11-6-7-17(10-12-21)19(2,3)4/h8-9,13,17,20H,6-7,10-12,14H2,1-5H3. The molecule has 118 valence electrons. The van der Waals surface area contributed by atoms with Crippen LogP contribution in [0.1, 0.15) is 51.2 Å². The number of nitrogens with zero attached hydrogens (tertiary/aromatic N) is 1. The molecule has 1 aliphatic rings. The summed E-state index contributed by atoms with van der Waals surface area (Å²) in [5, 5.41) is 3.23. The Balaban J connectivity index is 2.09. The molecule has 0 aromatic heterocycles. The third-order valence-electron chi connectivity index (χ3n) is 4.94. The van der Waals surface area contributed by atoms with E-state index in [0.29, 0.717) is 5.41 Å². The molecule has 0 bridgehead atoms. The Labute approximate surface area is 130 Å². The maximum absolute atomic E-state index is 3.23. The van der Waals surface area contributed by atoms with E-state index < -0.39 is 0 Å². The molecule has 0 aliphatic carbocycles. The zero-order valence-corrected chi connectivity index (χ0v) is 14.5. The van der Waals surface area contributed by atoms with E-state index in [0.717, 1.165) is 12.5 Å². The molecule has 2 heteroatoms. The molecule has 1 saturated heterocycles. The van der Waals surface area contributed by atoms with Gasteiger partial charge in [-0.15, -0.1) is 0 Å². The van der Waals surface area contributed by atoms with Crippen molar-refractivity contribution in [3.05, 3.63) is 29.3 Å². The van der Waals surface area contributed by atoms with Crippen molar-refractivity contribution in [2.24, 2.45) is 11.3 Å². The first-order valence-electron chi connectivity index (χ1n) is 8.41. The quantitative estimate of drug-likeness (QED) is 0.888. The summed E-state index contributed by atoms with van der Waals surface area (Å²) in [6, 6.07) is 6.92. The SMILES string of the molecule is CNCc1ccc(N2CCCC(C(C)(C)C)CC2)c(C)c1. The van der Waals surface area contributed by atoms with Gasteiger partial charge >= 0.3 is 0 Å². The fourth-order valence-electron chi connectivity index (χ4n) is 3.59. The third kappa shape index (κ3) is 4.23. The van der Waals surface area contributed by atoms with Crippen LogP contribution < -0.4 is 10.2 Å². The first-order chi connectivity index (χ1) is 9.91. The second-order valence-electron chi connectivity index (χ2n) is 7.63. The Morgan fingerprint density at radius 2 is 1.95 bits per heavy atom. The number of hydrogen-bond acceptors (Lipinski definition) is 2. The van der Waals surface area contributed by atoms with Crippen molar-refractivity contribution in [3.8, 4) is 0 Å². The molecule has 0 amide bonds. The van der Waals surface area contributed by atoms with Crippen molar-refractivity contribution in [2.45, 2.75) is 53.5 Å². The predicted molar refractivity (Wildman–Crippen MR) is 93.0 cm³/mol. The van der Waals surface area contributed by atoms with Crippen molar-refractivity contribution >= 4 is 5.69 Å². The lowest BCUT2D eigenvalue weighted by Crippen LogP contribution is -2.26.